The Bertz CT molecular complexity index is 617. The van der Waals surface area contributed by atoms with Gasteiger partial charge >= 0.3 is 5.97 Å². The maximum Gasteiger partial charge on any atom is 0.308 e. The van der Waals surface area contributed by atoms with Gasteiger partial charge in [0.1, 0.15) is 6.10 Å². The van der Waals surface area contributed by atoms with Gasteiger partial charge in [-0.1, -0.05) is 30.7 Å². The predicted molar refractivity (Wildman–Crippen MR) is 88.3 cm³/mol. The molecule has 23 heavy (non-hydrogen) atoms. The molecule has 1 heterocycles. The number of hydrogen-bond acceptors (Lipinski definition) is 3. The predicted octanol–water partition coefficient (Wildman–Crippen LogP) is 3.83. The van der Waals surface area contributed by atoms with E-state index in [2.05, 4.69) is 0 Å². The van der Waals surface area contributed by atoms with Crippen LogP contribution in [0.25, 0.3) is 6.08 Å². The second-order valence-electron chi connectivity index (χ2n) is 6.34. The maximum absolute atomic E-state index is 12.4. The van der Waals surface area contributed by atoms with E-state index in [4.69, 9.17) is 4.74 Å². The average molecular weight is 313 g/mol. The van der Waals surface area contributed by atoms with Gasteiger partial charge < -0.3 is 9.64 Å². The summed E-state index contributed by atoms with van der Waals surface area (Å²) in [6, 6.07) is 7.61. The highest BCUT2D eigenvalue weighted by Gasteiger charge is 2.29. The van der Waals surface area contributed by atoms with Crippen LogP contribution in [-0.4, -0.2) is 22.9 Å². The summed E-state index contributed by atoms with van der Waals surface area (Å²) in [5.41, 5.74) is 2.06. The number of ether oxygens (including phenoxy) is 1. The molecule has 1 aliphatic carbocycles. The first-order valence-corrected chi connectivity index (χ1v) is 8.40. The summed E-state index contributed by atoms with van der Waals surface area (Å²) in [6.45, 7) is 1.53. The molecule has 1 saturated carbocycles. The SMILES string of the molecule is CC(=O)N1C=Cc2ccccc2C1CC(=O)OC1CCCCC1. The van der Waals surface area contributed by atoms with E-state index in [1.54, 1.807) is 11.1 Å². The number of amides is 1. The molecular formula is C19H23NO3. The van der Waals surface area contributed by atoms with Gasteiger partial charge in [0.05, 0.1) is 12.5 Å². The lowest BCUT2D eigenvalue weighted by molar-refractivity contribution is -0.152. The van der Waals surface area contributed by atoms with Crippen molar-refractivity contribution in [2.24, 2.45) is 0 Å². The number of hydrogen-bond donors (Lipinski definition) is 0. The van der Waals surface area contributed by atoms with Gasteiger partial charge in [-0.05, 0) is 42.9 Å². The van der Waals surface area contributed by atoms with E-state index < -0.39 is 0 Å². The zero-order chi connectivity index (χ0) is 16.2. The normalized spacial score (nSPS) is 20.9. The highest BCUT2D eigenvalue weighted by atomic mass is 16.5. The minimum Gasteiger partial charge on any atom is -0.462 e. The van der Waals surface area contributed by atoms with Crippen molar-refractivity contribution in [3.05, 3.63) is 41.6 Å². The van der Waals surface area contributed by atoms with Crippen molar-refractivity contribution in [3.8, 4) is 0 Å². The molecule has 0 spiro atoms. The van der Waals surface area contributed by atoms with E-state index in [9.17, 15) is 9.59 Å². The van der Waals surface area contributed by atoms with Crippen molar-refractivity contribution >= 4 is 18.0 Å². The van der Waals surface area contributed by atoms with E-state index >= 15 is 0 Å². The molecule has 0 aromatic heterocycles. The van der Waals surface area contributed by atoms with Gasteiger partial charge in [0.2, 0.25) is 5.91 Å². The summed E-state index contributed by atoms with van der Waals surface area (Å²) < 4.78 is 5.64. The molecule has 1 unspecified atom stereocenters. The van der Waals surface area contributed by atoms with Crippen LogP contribution < -0.4 is 0 Å². The van der Waals surface area contributed by atoms with Gasteiger partial charge in [-0.3, -0.25) is 9.59 Å². The highest BCUT2D eigenvalue weighted by Crippen LogP contribution is 2.33. The number of nitrogens with zero attached hydrogens (tertiary/aromatic N) is 1. The van der Waals surface area contributed by atoms with Crippen LogP contribution in [0.5, 0.6) is 0 Å². The largest absolute Gasteiger partial charge is 0.462 e. The molecular weight excluding hydrogens is 290 g/mol. The molecule has 1 atom stereocenters. The van der Waals surface area contributed by atoms with Crippen LogP contribution in [0.15, 0.2) is 30.5 Å². The molecule has 1 aromatic carbocycles. The Hall–Kier alpha value is -2.10. The Morgan fingerprint density at radius 2 is 1.91 bits per heavy atom. The molecule has 4 nitrogen and oxygen atoms in total. The zero-order valence-electron chi connectivity index (χ0n) is 13.5. The van der Waals surface area contributed by atoms with Crippen LogP contribution in [0.1, 0.15) is 62.6 Å². The van der Waals surface area contributed by atoms with Crippen LogP contribution in [0.2, 0.25) is 0 Å². The molecule has 3 rings (SSSR count). The fourth-order valence-electron chi connectivity index (χ4n) is 3.49. The molecule has 1 amide bonds. The number of carbonyl (C=O) groups excluding carboxylic acids is 2. The number of rotatable bonds is 3. The third-order valence-corrected chi connectivity index (χ3v) is 4.68. The number of benzene rings is 1. The molecule has 1 aliphatic heterocycles. The summed E-state index contributed by atoms with van der Waals surface area (Å²) in [7, 11) is 0. The lowest BCUT2D eigenvalue weighted by atomic mass is 9.93. The molecule has 0 radical (unpaired) electrons. The van der Waals surface area contributed by atoms with Crippen LogP contribution >= 0.6 is 0 Å². The van der Waals surface area contributed by atoms with Gasteiger partial charge in [0, 0.05) is 13.1 Å². The molecule has 1 aromatic rings. The smallest absolute Gasteiger partial charge is 0.308 e. The van der Waals surface area contributed by atoms with E-state index in [1.807, 2.05) is 30.3 Å². The molecule has 0 bridgehead atoms. The summed E-state index contributed by atoms with van der Waals surface area (Å²) in [6.07, 6.45) is 9.36. The lowest BCUT2D eigenvalue weighted by Gasteiger charge is -2.32. The molecule has 0 saturated heterocycles. The Balaban J connectivity index is 1.74. The van der Waals surface area contributed by atoms with Gasteiger partial charge in [-0.2, -0.15) is 0 Å². The van der Waals surface area contributed by atoms with Crippen LogP contribution in [0.4, 0.5) is 0 Å². The van der Waals surface area contributed by atoms with Crippen molar-refractivity contribution < 1.29 is 14.3 Å². The highest BCUT2D eigenvalue weighted by molar-refractivity contribution is 5.80. The Labute approximate surface area is 137 Å². The molecule has 0 N–H and O–H groups in total. The van der Waals surface area contributed by atoms with Crippen LogP contribution in [-0.2, 0) is 14.3 Å². The second-order valence-corrected chi connectivity index (χ2v) is 6.34. The van der Waals surface area contributed by atoms with E-state index in [0.717, 1.165) is 36.8 Å². The molecule has 2 aliphatic rings. The minimum absolute atomic E-state index is 0.0522. The summed E-state index contributed by atoms with van der Waals surface area (Å²) >= 11 is 0. The fourth-order valence-corrected chi connectivity index (χ4v) is 3.49. The first-order chi connectivity index (χ1) is 11.1. The topological polar surface area (TPSA) is 46.6 Å². The van der Waals surface area contributed by atoms with Crippen molar-refractivity contribution in [2.45, 2.75) is 57.6 Å². The Kier molecular flexibility index (Phi) is 4.79. The van der Waals surface area contributed by atoms with Gasteiger partial charge in [-0.15, -0.1) is 0 Å². The monoisotopic (exact) mass is 313 g/mol. The van der Waals surface area contributed by atoms with E-state index in [1.165, 1.54) is 13.3 Å². The fraction of sp³-hybridized carbons (Fsp3) is 0.474. The van der Waals surface area contributed by atoms with Crippen molar-refractivity contribution in [1.29, 1.82) is 0 Å². The maximum atomic E-state index is 12.4. The lowest BCUT2D eigenvalue weighted by Crippen LogP contribution is -2.33. The van der Waals surface area contributed by atoms with Crippen LogP contribution in [0.3, 0.4) is 0 Å². The van der Waals surface area contributed by atoms with Crippen molar-refractivity contribution in [3.63, 3.8) is 0 Å². The average Bonchev–Trinajstić information content (AvgIpc) is 2.55. The molecule has 122 valence electrons. The third-order valence-electron chi connectivity index (χ3n) is 4.68. The van der Waals surface area contributed by atoms with Crippen molar-refractivity contribution in [2.75, 3.05) is 0 Å². The Morgan fingerprint density at radius 3 is 2.65 bits per heavy atom. The standard InChI is InChI=1S/C19H23NO3/c1-14(21)20-12-11-15-7-5-6-10-17(15)18(20)13-19(22)23-16-8-3-2-4-9-16/h5-7,10-12,16,18H,2-4,8-9,13H2,1H3. The van der Waals surface area contributed by atoms with Gasteiger partial charge in [0.15, 0.2) is 0 Å². The second kappa shape index (κ2) is 6.99. The molecule has 4 heteroatoms. The summed E-state index contributed by atoms with van der Waals surface area (Å²) in [4.78, 5) is 25.9. The summed E-state index contributed by atoms with van der Waals surface area (Å²) in [5, 5.41) is 0. The number of esters is 1. The summed E-state index contributed by atoms with van der Waals surface area (Å²) in [5.74, 6) is -0.274. The van der Waals surface area contributed by atoms with E-state index in [0.29, 0.717) is 0 Å². The number of carbonyl (C=O) groups is 2. The molecule has 1 fully saturated rings. The van der Waals surface area contributed by atoms with Gasteiger partial charge in [0.25, 0.3) is 0 Å². The first-order valence-electron chi connectivity index (χ1n) is 8.40. The number of fused-ring (bicyclic) bond motifs is 1. The quantitative estimate of drug-likeness (QED) is 0.797. The van der Waals surface area contributed by atoms with Crippen molar-refractivity contribution in [1.82, 2.24) is 4.90 Å². The van der Waals surface area contributed by atoms with E-state index in [-0.39, 0.29) is 30.4 Å². The first kappa shape index (κ1) is 15.8. The van der Waals surface area contributed by atoms with Gasteiger partial charge in [-0.25, -0.2) is 0 Å². The zero-order valence-corrected chi connectivity index (χ0v) is 13.5. The van der Waals surface area contributed by atoms with Crippen LogP contribution in [0, 0.1) is 0 Å². The minimum atomic E-state index is -0.273. The Morgan fingerprint density at radius 1 is 1.17 bits per heavy atom. The third kappa shape index (κ3) is 3.63.